The molecule has 0 heterocycles. The van der Waals surface area contributed by atoms with Crippen molar-refractivity contribution in [2.75, 3.05) is 6.61 Å². The minimum Gasteiger partial charge on any atom is -0.396 e. The van der Waals surface area contributed by atoms with Gasteiger partial charge >= 0.3 is 0 Å². The van der Waals surface area contributed by atoms with Crippen molar-refractivity contribution in [2.45, 2.75) is 45.7 Å². The lowest BCUT2D eigenvalue weighted by Crippen LogP contribution is -2.17. The van der Waals surface area contributed by atoms with Crippen molar-refractivity contribution in [1.29, 1.82) is 0 Å². The summed E-state index contributed by atoms with van der Waals surface area (Å²) in [6, 6.07) is 6.08. The van der Waals surface area contributed by atoms with Gasteiger partial charge in [0.25, 0.3) is 0 Å². The van der Waals surface area contributed by atoms with Crippen LogP contribution in [0.25, 0.3) is 0 Å². The fraction of sp³-hybridized carbons (Fsp3) is 0.600. The third kappa shape index (κ3) is 5.07. The van der Waals surface area contributed by atoms with Gasteiger partial charge in [-0.3, -0.25) is 0 Å². The Morgan fingerprint density at radius 1 is 1.39 bits per heavy atom. The first kappa shape index (κ1) is 15.6. The summed E-state index contributed by atoms with van der Waals surface area (Å²) in [4.78, 5) is 0. The number of aliphatic hydroxyl groups is 1. The molecule has 0 bridgehead atoms. The number of hydrogen-bond donors (Lipinski definition) is 1. The van der Waals surface area contributed by atoms with Gasteiger partial charge in [0.1, 0.15) is 5.67 Å². The van der Waals surface area contributed by atoms with Crippen molar-refractivity contribution in [2.24, 2.45) is 5.92 Å². The fourth-order valence-corrected chi connectivity index (χ4v) is 2.40. The largest absolute Gasteiger partial charge is 0.396 e. The summed E-state index contributed by atoms with van der Waals surface area (Å²) < 4.78 is 14.6. The first-order chi connectivity index (χ1) is 8.33. The van der Waals surface area contributed by atoms with Crippen molar-refractivity contribution in [3.05, 3.63) is 33.8 Å². The lowest BCUT2D eigenvalue weighted by Gasteiger charge is -2.20. The molecule has 0 spiro atoms. The van der Waals surface area contributed by atoms with Crippen LogP contribution >= 0.6 is 15.9 Å². The average Bonchev–Trinajstić information content (AvgIpc) is 2.28. The van der Waals surface area contributed by atoms with Gasteiger partial charge in [0.15, 0.2) is 0 Å². The number of aliphatic hydroxyl groups excluding tert-OH is 1. The van der Waals surface area contributed by atoms with Crippen LogP contribution in [0.5, 0.6) is 0 Å². The highest BCUT2D eigenvalue weighted by Gasteiger charge is 2.19. The monoisotopic (exact) mass is 316 g/mol. The number of benzene rings is 1. The molecule has 0 aliphatic rings. The summed E-state index contributed by atoms with van der Waals surface area (Å²) in [5, 5.41) is 9.41. The van der Waals surface area contributed by atoms with Gasteiger partial charge in [0.05, 0.1) is 0 Å². The van der Waals surface area contributed by atoms with Crippen molar-refractivity contribution < 1.29 is 9.50 Å². The molecule has 0 radical (unpaired) electrons. The van der Waals surface area contributed by atoms with Gasteiger partial charge in [0, 0.05) is 11.1 Å². The quantitative estimate of drug-likeness (QED) is 0.822. The summed E-state index contributed by atoms with van der Waals surface area (Å²) in [5.41, 5.74) is 1.27. The van der Waals surface area contributed by atoms with E-state index in [9.17, 15) is 9.50 Å². The molecule has 0 saturated heterocycles. The number of rotatable bonds is 6. The molecule has 0 aromatic heterocycles. The zero-order chi connectivity index (χ0) is 13.8. The molecule has 0 saturated carbocycles. The highest BCUT2D eigenvalue weighted by atomic mass is 79.9. The minimum atomic E-state index is -1.15. The van der Waals surface area contributed by atoms with E-state index in [1.807, 2.05) is 12.1 Å². The summed E-state index contributed by atoms with van der Waals surface area (Å²) in [6.45, 7) is 5.35. The molecule has 0 fully saturated rings. The van der Waals surface area contributed by atoms with Crippen LogP contribution in [0, 0.1) is 12.8 Å². The van der Waals surface area contributed by atoms with Gasteiger partial charge in [-0.25, -0.2) is 4.39 Å². The Morgan fingerprint density at radius 2 is 2.06 bits per heavy atom. The summed E-state index contributed by atoms with van der Waals surface area (Å²) in [6.07, 6.45) is 2.01. The topological polar surface area (TPSA) is 20.2 Å². The van der Waals surface area contributed by atoms with E-state index in [-0.39, 0.29) is 12.5 Å². The molecule has 0 aliphatic carbocycles. The van der Waals surface area contributed by atoms with Crippen molar-refractivity contribution in [1.82, 2.24) is 0 Å². The van der Waals surface area contributed by atoms with Crippen LogP contribution in [0.1, 0.15) is 37.8 Å². The average molecular weight is 317 g/mol. The smallest absolute Gasteiger partial charge is 0.105 e. The van der Waals surface area contributed by atoms with E-state index in [1.165, 1.54) is 11.1 Å². The second-order valence-electron chi connectivity index (χ2n) is 5.53. The zero-order valence-corrected chi connectivity index (χ0v) is 12.9. The zero-order valence-electron chi connectivity index (χ0n) is 11.3. The second kappa shape index (κ2) is 6.67. The number of halogens is 2. The van der Waals surface area contributed by atoms with Crippen LogP contribution in [-0.2, 0) is 6.42 Å². The first-order valence-electron chi connectivity index (χ1n) is 6.37. The van der Waals surface area contributed by atoms with Crippen LogP contribution in [0.15, 0.2) is 22.7 Å². The van der Waals surface area contributed by atoms with Gasteiger partial charge in [-0.05, 0) is 63.1 Å². The van der Waals surface area contributed by atoms with Crippen LogP contribution in [0.2, 0.25) is 0 Å². The van der Waals surface area contributed by atoms with Gasteiger partial charge in [-0.15, -0.1) is 0 Å². The van der Waals surface area contributed by atoms with E-state index < -0.39 is 5.67 Å². The molecule has 0 amide bonds. The Morgan fingerprint density at radius 3 is 2.61 bits per heavy atom. The first-order valence-corrected chi connectivity index (χ1v) is 7.16. The Hall–Kier alpha value is -0.410. The highest BCUT2D eigenvalue weighted by molar-refractivity contribution is 9.10. The van der Waals surface area contributed by atoms with Gasteiger partial charge in [-0.1, -0.05) is 28.1 Å². The SMILES string of the molecule is Cc1c(Br)cccc1C[C@@H](CO)CCC(C)(C)F. The van der Waals surface area contributed by atoms with Gasteiger partial charge in [0.2, 0.25) is 0 Å². The van der Waals surface area contributed by atoms with Crippen LogP contribution in [-0.4, -0.2) is 17.4 Å². The third-order valence-corrected chi connectivity index (χ3v) is 4.15. The van der Waals surface area contributed by atoms with E-state index in [0.29, 0.717) is 12.8 Å². The summed E-state index contributed by atoms with van der Waals surface area (Å²) in [7, 11) is 0. The molecule has 0 aliphatic heterocycles. The molecule has 1 atom stereocenters. The molecule has 1 N–H and O–H groups in total. The third-order valence-electron chi connectivity index (χ3n) is 3.29. The van der Waals surface area contributed by atoms with E-state index in [0.717, 1.165) is 10.9 Å². The maximum absolute atomic E-state index is 13.5. The van der Waals surface area contributed by atoms with Crippen LogP contribution in [0.4, 0.5) is 4.39 Å². The minimum absolute atomic E-state index is 0.113. The molecule has 3 heteroatoms. The van der Waals surface area contributed by atoms with E-state index in [1.54, 1.807) is 13.8 Å². The van der Waals surface area contributed by atoms with E-state index in [4.69, 9.17) is 0 Å². The number of alkyl halides is 1. The Bertz CT molecular complexity index is 385. The molecule has 1 nitrogen and oxygen atoms in total. The van der Waals surface area contributed by atoms with Crippen LogP contribution < -0.4 is 0 Å². The standard InChI is InChI=1S/C15H22BrFO/c1-11-13(5-4-6-14(11)16)9-12(10-18)7-8-15(2,3)17/h4-6,12,18H,7-10H2,1-3H3/t12-/m0/s1. The molecular formula is C15H22BrFO. The second-order valence-corrected chi connectivity index (χ2v) is 6.39. The molecule has 1 aromatic carbocycles. The molecule has 0 unspecified atom stereocenters. The Labute approximate surface area is 118 Å². The van der Waals surface area contributed by atoms with Gasteiger partial charge < -0.3 is 5.11 Å². The molecule has 1 aromatic rings. The Balaban J connectivity index is 2.65. The van der Waals surface area contributed by atoms with Gasteiger partial charge in [-0.2, -0.15) is 0 Å². The molecular weight excluding hydrogens is 295 g/mol. The maximum atomic E-state index is 13.5. The predicted molar refractivity (Wildman–Crippen MR) is 77.6 cm³/mol. The van der Waals surface area contributed by atoms with Crippen molar-refractivity contribution in [3.63, 3.8) is 0 Å². The highest BCUT2D eigenvalue weighted by Crippen LogP contribution is 2.25. The van der Waals surface area contributed by atoms with Crippen LogP contribution in [0.3, 0.4) is 0 Å². The van der Waals surface area contributed by atoms with E-state index in [2.05, 4.69) is 28.9 Å². The molecule has 18 heavy (non-hydrogen) atoms. The van der Waals surface area contributed by atoms with E-state index >= 15 is 0 Å². The normalized spacial score (nSPS) is 13.7. The van der Waals surface area contributed by atoms with Crippen molar-refractivity contribution in [3.8, 4) is 0 Å². The molecule has 102 valence electrons. The lowest BCUT2D eigenvalue weighted by molar-refractivity contribution is 0.159. The number of hydrogen-bond acceptors (Lipinski definition) is 1. The molecule has 1 rings (SSSR count). The predicted octanol–water partition coefficient (Wildman–Crippen LogP) is 4.44. The van der Waals surface area contributed by atoms with Crippen molar-refractivity contribution >= 4 is 15.9 Å². The summed E-state index contributed by atoms with van der Waals surface area (Å²) in [5.74, 6) is 0.132. The lowest BCUT2D eigenvalue weighted by atomic mass is 9.90. The fourth-order valence-electron chi connectivity index (χ4n) is 1.99. The maximum Gasteiger partial charge on any atom is 0.105 e. The summed E-state index contributed by atoms with van der Waals surface area (Å²) >= 11 is 3.51. The Kier molecular flexibility index (Phi) is 5.80.